The second-order valence-corrected chi connectivity index (χ2v) is 4.43. The monoisotopic (exact) mass is 305 g/mol. The van der Waals surface area contributed by atoms with E-state index in [-0.39, 0.29) is 0 Å². The highest BCUT2D eigenvalue weighted by Crippen LogP contribution is 2.29. The van der Waals surface area contributed by atoms with Crippen LogP contribution in [0, 0.1) is 18.3 Å². The molecule has 0 amide bonds. The predicted molar refractivity (Wildman–Crippen MR) is 71.8 cm³/mol. The molecule has 0 unspecified atom stereocenters. The van der Waals surface area contributed by atoms with Gasteiger partial charge in [-0.3, -0.25) is 0 Å². The average Bonchev–Trinajstić information content (AvgIpc) is 2.64. The lowest BCUT2D eigenvalue weighted by Crippen LogP contribution is -1.96. The number of nitriles is 1. The first-order chi connectivity index (χ1) is 8.65. The van der Waals surface area contributed by atoms with Crippen molar-refractivity contribution in [2.75, 3.05) is 0 Å². The molecule has 0 aliphatic rings. The molecule has 5 heteroatoms. The molecule has 0 spiro atoms. The summed E-state index contributed by atoms with van der Waals surface area (Å²) in [7, 11) is 1.84. The first kappa shape index (κ1) is 12.7. The summed E-state index contributed by atoms with van der Waals surface area (Å²) >= 11 is 3.43. The van der Waals surface area contributed by atoms with Crippen LogP contribution in [-0.2, 0) is 12.4 Å². The smallest absolute Gasteiger partial charge is 0.221 e. The highest BCUT2D eigenvalue weighted by molar-refractivity contribution is 9.08. The maximum absolute atomic E-state index is 8.86. The molecule has 4 nitrogen and oxygen atoms in total. The Morgan fingerprint density at radius 2 is 2.28 bits per heavy atom. The number of rotatable bonds is 3. The summed E-state index contributed by atoms with van der Waals surface area (Å²) in [6, 6.07) is 9.16. The number of hydrogen-bond acceptors (Lipinski definition) is 3. The van der Waals surface area contributed by atoms with Gasteiger partial charge in [-0.25, -0.2) is 4.68 Å². The number of ether oxygens (including phenoxy) is 1. The van der Waals surface area contributed by atoms with Crippen molar-refractivity contribution < 1.29 is 4.74 Å². The van der Waals surface area contributed by atoms with Gasteiger partial charge in [0.05, 0.1) is 17.3 Å². The maximum Gasteiger partial charge on any atom is 0.221 e. The predicted octanol–water partition coefficient (Wildman–Crippen LogP) is 3.29. The molecule has 0 radical (unpaired) electrons. The van der Waals surface area contributed by atoms with Crippen molar-refractivity contribution >= 4 is 15.9 Å². The molecule has 0 atom stereocenters. The first-order valence-electron chi connectivity index (χ1n) is 5.42. The summed E-state index contributed by atoms with van der Waals surface area (Å²) in [5.74, 6) is 1.33. The van der Waals surface area contributed by atoms with E-state index in [1.807, 2.05) is 20.0 Å². The molecule has 2 aromatic rings. The zero-order chi connectivity index (χ0) is 13.1. The molecule has 1 aromatic carbocycles. The van der Waals surface area contributed by atoms with Gasteiger partial charge in [0.25, 0.3) is 0 Å². The van der Waals surface area contributed by atoms with Crippen LogP contribution in [0.5, 0.6) is 11.6 Å². The Labute approximate surface area is 114 Å². The van der Waals surface area contributed by atoms with Crippen LogP contribution in [-0.4, -0.2) is 9.78 Å². The van der Waals surface area contributed by atoms with Gasteiger partial charge < -0.3 is 4.74 Å². The number of halogens is 1. The van der Waals surface area contributed by atoms with E-state index in [0.29, 0.717) is 22.5 Å². The van der Waals surface area contributed by atoms with Crippen molar-refractivity contribution in [3.05, 3.63) is 41.1 Å². The van der Waals surface area contributed by atoms with E-state index < -0.39 is 0 Å². The Bertz CT molecular complexity index is 613. The number of alkyl halides is 1. The topological polar surface area (TPSA) is 50.8 Å². The molecule has 92 valence electrons. The number of nitrogens with zero attached hydrogens (tertiary/aromatic N) is 3. The van der Waals surface area contributed by atoms with Gasteiger partial charge in [-0.2, -0.15) is 10.4 Å². The number of benzene rings is 1. The molecule has 1 aromatic heterocycles. The van der Waals surface area contributed by atoms with Crippen molar-refractivity contribution in [1.82, 2.24) is 9.78 Å². The van der Waals surface area contributed by atoms with Crippen LogP contribution in [0.1, 0.15) is 16.8 Å². The van der Waals surface area contributed by atoms with Gasteiger partial charge in [0.2, 0.25) is 5.88 Å². The third kappa shape index (κ3) is 2.39. The van der Waals surface area contributed by atoms with Crippen molar-refractivity contribution in [2.45, 2.75) is 12.3 Å². The molecular formula is C13H12BrN3O. The number of hydrogen-bond donors (Lipinski definition) is 0. The molecule has 2 rings (SSSR count). The minimum atomic E-state index is 0.576. The molecule has 0 N–H and O–H groups in total. The minimum Gasteiger partial charge on any atom is -0.439 e. The Balaban J connectivity index is 2.37. The lowest BCUT2D eigenvalue weighted by Gasteiger charge is -2.07. The standard InChI is InChI=1S/C13H12BrN3O/c1-9-12(7-14)13(17(2)16-9)18-11-5-3-4-10(6-11)8-15/h3-6H,7H2,1-2H3. The molecule has 0 saturated heterocycles. The van der Waals surface area contributed by atoms with Crippen LogP contribution in [0.4, 0.5) is 0 Å². The van der Waals surface area contributed by atoms with E-state index in [1.54, 1.807) is 22.9 Å². The highest BCUT2D eigenvalue weighted by Gasteiger charge is 2.14. The molecule has 18 heavy (non-hydrogen) atoms. The molecule has 0 aliphatic carbocycles. The van der Waals surface area contributed by atoms with E-state index >= 15 is 0 Å². The largest absolute Gasteiger partial charge is 0.439 e. The molecule has 1 heterocycles. The third-order valence-electron chi connectivity index (χ3n) is 2.60. The average molecular weight is 306 g/mol. The first-order valence-corrected chi connectivity index (χ1v) is 6.54. The normalized spacial score (nSPS) is 10.1. The van der Waals surface area contributed by atoms with Crippen LogP contribution in [0.3, 0.4) is 0 Å². The van der Waals surface area contributed by atoms with Crippen LogP contribution in [0.15, 0.2) is 24.3 Å². The van der Waals surface area contributed by atoms with E-state index in [9.17, 15) is 0 Å². The molecule has 0 aliphatic heterocycles. The zero-order valence-corrected chi connectivity index (χ0v) is 11.7. The van der Waals surface area contributed by atoms with Crippen LogP contribution < -0.4 is 4.74 Å². The van der Waals surface area contributed by atoms with Crippen LogP contribution in [0.25, 0.3) is 0 Å². The summed E-state index contributed by atoms with van der Waals surface area (Å²) in [6.07, 6.45) is 0. The van der Waals surface area contributed by atoms with E-state index in [0.717, 1.165) is 11.3 Å². The van der Waals surface area contributed by atoms with Crippen molar-refractivity contribution in [2.24, 2.45) is 7.05 Å². The van der Waals surface area contributed by atoms with Crippen LogP contribution in [0.2, 0.25) is 0 Å². The Hall–Kier alpha value is -1.80. The second-order valence-electron chi connectivity index (χ2n) is 3.87. The Kier molecular flexibility index (Phi) is 3.68. The lowest BCUT2D eigenvalue weighted by atomic mass is 10.2. The van der Waals surface area contributed by atoms with Crippen molar-refractivity contribution in [3.63, 3.8) is 0 Å². The lowest BCUT2D eigenvalue weighted by molar-refractivity contribution is 0.427. The summed E-state index contributed by atoms with van der Waals surface area (Å²) in [5.41, 5.74) is 2.52. The summed E-state index contributed by atoms with van der Waals surface area (Å²) in [5, 5.41) is 13.9. The fourth-order valence-electron chi connectivity index (χ4n) is 1.70. The molecular weight excluding hydrogens is 294 g/mol. The summed E-state index contributed by atoms with van der Waals surface area (Å²) < 4.78 is 7.51. The van der Waals surface area contributed by atoms with Gasteiger partial charge in [0, 0.05) is 17.9 Å². The van der Waals surface area contributed by atoms with Gasteiger partial charge >= 0.3 is 0 Å². The Morgan fingerprint density at radius 3 is 2.94 bits per heavy atom. The SMILES string of the molecule is Cc1nn(C)c(Oc2cccc(C#N)c2)c1CBr. The fraction of sp³-hybridized carbons (Fsp3) is 0.231. The van der Waals surface area contributed by atoms with Crippen molar-refractivity contribution in [1.29, 1.82) is 5.26 Å². The number of aryl methyl sites for hydroxylation is 2. The zero-order valence-electron chi connectivity index (χ0n) is 10.1. The Morgan fingerprint density at radius 1 is 1.50 bits per heavy atom. The minimum absolute atomic E-state index is 0.576. The fourth-order valence-corrected chi connectivity index (χ4v) is 2.35. The van der Waals surface area contributed by atoms with Crippen molar-refractivity contribution in [3.8, 4) is 17.7 Å². The summed E-state index contributed by atoms with van der Waals surface area (Å²) in [4.78, 5) is 0. The quantitative estimate of drug-likeness (QED) is 0.818. The van der Waals surface area contributed by atoms with Crippen LogP contribution >= 0.6 is 15.9 Å². The third-order valence-corrected chi connectivity index (χ3v) is 3.16. The van der Waals surface area contributed by atoms with Gasteiger partial charge in [-0.1, -0.05) is 22.0 Å². The molecule has 0 bridgehead atoms. The highest BCUT2D eigenvalue weighted by atomic mass is 79.9. The second kappa shape index (κ2) is 5.23. The molecule has 0 saturated carbocycles. The number of aromatic nitrogens is 2. The van der Waals surface area contributed by atoms with E-state index in [1.165, 1.54) is 0 Å². The van der Waals surface area contributed by atoms with Gasteiger partial charge in [-0.15, -0.1) is 0 Å². The van der Waals surface area contributed by atoms with Gasteiger partial charge in [0.15, 0.2) is 0 Å². The summed E-state index contributed by atoms with van der Waals surface area (Å²) in [6.45, 7) is 1.94. The van der Waals surface area contributed by atoms with Gasteiger partial charge in [0.1, 0.15) is 5.75 Å². The van der Waals surface area contributed by atoms with E-state index in [2.05, 4.69) is 27.1 Å². The van der Waals surface area contributed by atoms with E-state index in [4.69, 9.17) is 10.00 Å². The maximum atomic E-state index is 8.86. The van der Waals surface area contributed by atoms with Gasteiger partial charge in [-0.05, 0) is 25.1 Å². The molecule has 0 fully saturated rings.